The molecule has 0 bridgehead atoms. The quantitative estimate of drug-likeness (QED) is 0.760. The Morgan fingerprint density at radius 3 is 2.38 bits per heavy atom. The Hall–Kier alpha value is -1.03. The highest BCUT2D eigenvalue weighted by Crippen LogP contribution is 2.23. The molecule has 0 aromatic heterocycles. The Kier molecular flexibility index (Phi) is 2.93. The molecule has 0 saturated carbocycles. The fourth-order valence-electron chi connectivity index (χ4n) is 1.05. The SMILES string of the molecule is CC(N)c1cc(C(F)F)ccc1F. The summed E-state index contributed by atoms with van der Waals surface area (Å²) in [6.07, 6.45) is -2.59. The topological polar surface area (TPSA) is 26.0 Å². The minimum atomic E-state index is -2.59. The zero-order valence-electron chi connectivity index (χ0n) is 7.10. The van der Waals surface area contributed by atoms with Gasteiger partial charge in [-0.05, 0) is 19.1 Å². The van der Waals surface area contributed by atoms with Crippen LogP contribution in [0.5, 0.6) is 0 Å². The minimum Gasteiger partial charge on any atom is -0.324 e. The van der Waals surface area contributed by atoms with Crippen LogP contribution in [0.3, 0.4) is 0 Å². The molecule has 0 aliphatic heterocycles. The van der Waals surface area contributed by atoms with Crippen molar-refractivity contribution >= 4 is 0 Å². The number of hydrogen-bond donors (Lipinski definition) is 1. The van der Waals surface area contributed by atoms with Gasteiger partial charge in [0, 0.05) is 17.2 Å². The predicted octanol–water partition coefficient (Wildman–Crippen LogP) is 2.78. The average molecular weight is 189 g/mol. The maximum atomic E-state index is 13.0. The second kappa shape index (κ2) is 3.79. The molecule has 0 saturated heterocycles. The number of halogens is 3. The first-order chi connectivity index (χ1) is 6.02. The average Bonchev–Trinajstić information content (AvgIpc) is 2.04. The first-order valence-corrected chi connectivity index (χ1v) is 3.85. The molecular formula is C9H10F3N. The third kappa shape index (κ3) is 2.21. The molecule has 0 radical (unpaired) electrons. The highest BCUT2D eigenvalue weighted by molar-refractivity contribution is 5.27. The van der Waals surface area contributed by atoms with Crippen molar-refractivity contribution in [2.24, 2.45) is 5.73 Å². The standard InChI is InChI=1S/C9H10F3N/c1-5(13)7-4-6(9(11)12)2-3-8(7)10/h2-5,9H,13H2,1H3. The van der Waals surface area contributed by atoms with Gasteiger partial charge in [0.1, 0.15) is 5.82 Å². The zero-order chi connectivity index (χ0) is 10.0. The molecule has 0 spiro atoms. The van der Waals surface area contributed by atoms with E-state index in [1.165, 1.54) is 0 Å². The van der Waals surface area contributed by atoms with Crippen molar-refractivity contribution < 1.29 is 13.2 Å². The smallest absolute Gasteiger partial charge is 0.263 e. The van der Waals surface area contributed by atoms with E-state index in [1.807, 2.05) is 0 Å². The largest absolute Gasteiger partial charge is 0.324 e. The molecule has 72 valence electrons. The summed E-state index contributed by atoms with van der Waals surface area (Å²) >= 11 is 0. The highest BCUT2D eigenvalue weighted by atomic mass is 19.3. The van der Waals surface area contributed by atoms with Crippen LogP contribution in [-0.2, 0) is 0 Å². The van der Waals surface area contributed by atoms with Crippen LogP contribution in [-0.4, -0.2) is 0 Å². The highest BCUT2D eigenvalue weighted by Gasteiger charge is 2.12. The second-order valence-corrected chi connectivity index (χ2v) is 2.87. The van der Waals surface area contributed by atoms with Crippen molar-refractivity contribution in [1.82, 2.24) is 0 Å². The predicted molar refractivity (Wildman–Crippen MR) is 44.0 cm³/mol. The Labute approximate surface area is 74.4 Å². The summed E-state index contributed by atoms with van der Waals surface area (Å²) in [5, 5.41) is 0. The van der Waals surface area contributed by atoms with Crippen molar-refractivity contribution in [3.05, 3.63) is 35.1 Å². The fraction of sp³-hybridized carbons (Fsp3) is 0.333. The van der Waals surface area contributed by atoms with Gasteiger partial charge in [-0.15, -0.1) is 0 Å². The summed E-state index contributed by atoms with van der Waals surface area (Å²) in [5.41, 5.74) is 5.32. The number of alkyl halides is 2. The van der Waals surface area contributed by atoms with Gasteiger partial charge >= 0.3 is 0 Å². The second-order valence-electron chi connectivity index (χ2n) is 2.87. The van der Waals surface area contributed by atoms with Crippen molar-refractivity contribution in [3.63, 3.8) is 0 Å². The zero-order valence-corrected chi connectivity index (χ0v) is 7.10. The lowest BCUT2D eigenvalue weighted by Crippen LogP contribution is -2.08. The third-order valence-corrected chi connectivity index (χ3v) is 1.76. The fourth-order valence-corrected chi connectivity index (χ4v) is 1.05. The molecule has 0 heterocycles. The molecule has 0 aliphatic rings. The van der Waals surface area contributed by atoms with E-state index in [0.29, 0.717) is 0 Å². The Balaban J connectivity index is 3.11. The van der Waals surface area contributed by atoms with Crippen LogP contribution in [0.15, 0.2) is 18.2 Å². The van der Waals surface area contributed by atoms with Gasteiger partial charge in [0.15, 0.2) is 0 Å². The molecule has 2 N–H and O–H groups in total. The maximum Gasteiger partial charge on any atom is 0.263 e. The van der Waals surface area contributed by atoms with Crippen molar-refractivity contribution in [2.75, 3.05) is 0 Å². The third-order valence-electron chi connectivity index (χ3n) is 1.76. The van der Waals surface area contributed by atoms with Crippen LogP contribution in [0.4, 0.5) is 13.2 Å². The normalized spacial score (nSPS) is 13.4. The molecule has 0 aliphatic carbocycles. The van der Waals surface area contributed by atoms with Crippen LogP contribution in [0.25, 0.3) is 0 Å². The van der Waals surface area contributed by atoms with E-state index in [1.54, 1.807) is 6.92 Å². The number of benzene rings is 1. The van der Waals surface area contributed by atoms with E-state index in [9.17, 15) is 13.2 Å². The van der Waals surface area contributed by atoms with Crippen LogP contribution in [0.2, 0.25) is 0 Å². The van der Waals surface area contributed by atoms with Crippen LogP contribution in [0, 0.1) is 5.82 Å². The summed E-state index contributed by atoms with van der Waals surface area (Å²) in [6.45, 7) is 1.55. The number of hydrogen-bond acceptors (Lipinski definition) is 1. The lowest BCUT2D eigenvalue weighted by atomic mass is 10.1. The van der Waals surface area contributed by atoms with Gasteiger partial charge in [-0.25, -0.2) is 13.2 Å². The Morgan fingerprint density at radius 1 is 1.31 bits per heavy atom. The van der Waals surface area contributed by atoms with Gasteiger partial charge in [0.05, 0.1) is 0 Å². The summed E-state index contributed by atoms with van der Waals surface area (Å²) in [5.74, 6) is -0.542. The van der Waals surface area contributed by atoms with Crippen molar-refractivity contribution in [2.45, 2.75) is 19.4 Å². The molecule has 13 heavy (non-hydrogen) atoms. The summed E-state index contributed by atoms with van der Waals surface area (Å²) < 4.78 is 37.3. The van der Waals surface area contributed by atoms with Gasteiger partial charge < -0.3 is 5.73 Å². The Morgan fingerprint density at radius 2 is 1.92 bits per heavy atom. The van der Waals surface area contributed by atoms with E-state index in [0.717, 1.165) is 18.2 Å². The van der Waals surface area contributed by atoms with E-state index in [4.69, 9.17) is 5.73 Å². The van der Waals surface area contributed by atoms with Crippen LogP contribution < -0.4 is 5.73 Å². The molecule has 1 nitrogen and oxygen atoms in total. The molecular weight excluding hydrogens is 179 g/mol. The first kappa shape index (κ1) is 10.1. The van der Waals surface area contributed by atoms with Crippen molar-refractivity contribution in [1.29, 1.82) is 0 Å². The first-order valence-electron chi connectivity index (χ1n) is 3.85. The van der Waals surface area contributed by atoms with E-state index < -0.39 is 18.3 Å². The van der Waals surface area contributed by atoms with Gasteiger partial charge in [0.25, 0.3) is 6.43 Å². The number of rotatable bonds is 2. The maximum absolute atomic E-state index is 13.0. The lowest BCUT2D eigenvalue weighted by Gasteiger charge is -2.08. The minimum absolute atomic E-state index is 0.123. The molecule has 1 rings (SSSR count). The molecule has 0 fully saturated rings. The van der Waals surface area contributed by atoms with Gasteiger partial charge in [-0.1, -0.05) is 6.07 Å². The Bertz CT molecular complexity index is 297. The molecule has 0 amide bonds. The van der Waals surface area contributed by atoms with Crippen LogP contribution >= 0.6 is 0 Å². The van der Waals surface area contributed by atoms with Crippen molar-refractivity contribution in [3.8, 4) is 0 Å². The van der Waals surface area contributed by atoms with E-state index in [-0.39, 0.29) is 11.1 Å². The molecule has 1 atom stereocenters. The summed E-state index contributed by atoms with van der Waals surface area (Å²) in [4.78, 5) is 0. The molecule has 1 unspecified atom stereocenters. The molecule has 1 aromatic carbocycles. The van der Waals surface area contributed by atoms with Gasteiger partial charge in [0.2, 0.25) is 0 Å². The molecule has 4 heteroatoms. The van der Waals surface area contributed by atoms with E-state index >= 15 is 0 Å². The van der Waals surface area contributed by atoms with Gasteiger partial charge in [-0.3, -0.25) is 0 Å². The summed E-state index contributed by atoms with van der Waals surface area (Å²) in [6, 6.07) is 2.61. The lowest BCUT2D eigenvalue weighted by molar-refractivity contribution is 0.151. The summed E-state index contributed by atoms with van der Waals surface area (Å²) in [7, 11) is 0. The van der Waals surface area contributed by atoms with Crippen LogP contribution in [0.1, 0.15) is 30.5 Å². The number of nitrogens with two attached hydrogens (primary N) is 1. The monoisotopic (exact) mass is 189 g/mol. The van der Waals surface area contributed by atoms with Gasteiger partial charge in [-0.2, -0.15) is 0 Å². The molecule has 1 aromatic rings. The van der Waals surface area contributed by atoms with E-state index in [2.05, 4.69) is 0 Å².